The molecular weight excluding hydrogens is 403 g/mol. The van der Waals surface area contributed by atoms with Crippen molar-refractivity contribution in [2.24, 2.45) is 10.4 Å². The number of nitrogens with zero attached hydrogens (tertiary/aromatic N) is 3. The topological polar surface area (TPSA) is 53.7 Å². The van der Waals surface area contributed by atoms with Gasteiger partial charge < -0.3 is 14.7 Å². The van der Waals surface area contributed by atoms with Crippen LogP contribution in [0.3, 0.4) is 0 Å². The number of aryl methyl sites for hydroxylation is 2. The molecule has 0 bridgehead atoms. The van der Waals surface area contributed by atoms with Crippen molar-refractivity contribution in [3.63, 3.8) is 0 Å². The van der Waals surface area contributed by atoms with Crippen LogP contribution >= 0.6 is 24.0 Å². The Kier molecular flexibility index (Phi) is 7.35. The number of nitrogens with one attached hydrogen (secondary N) is 1. The summed E-state index contributed by atoms with van der Waals surface area (Å²) in [5, 5.41) is 7.57. The largest absolute Gasteiger partial charge is 0.361 e. The molecule has 6 heteroatoms. The maximum atomic E-state index is 5.27. The van der Waals surface area contributed by atoms with Gasteiger partial charge in [0.1, 0.15) is 5.76 Å². The van der Waals surface area contributed by atoms with E-state index in [-0.39, 0.29) is 24.0 Å². The van der Waals surface area contributed by atoms with Gasteiger partial charge in [-0.25, -0.2) is 0 Å². The zero-order valence-electron chi connectivity index (χ0n) is 15.3. The third kappa shape index (κ3) is 4.61. The number of hydrogen-bond donors (Lipinski definition) is 1. The van der Waals surface area contributed by atoms with Crippen LogP contribution in [0.4, 0.5) is 0 Å². The van der Waals surface area contributed by atoms with Crippen LogP contribution in [0.1, 0.15) is 56.5 Å². The Morgan fingerprint density at radius 2 is 2.17 bits per heavy atom. The predicted molar refractivity (Wildman–Crippen MR) is 106 cm³/mol. The van der Waals surface area contributed by atoms with E-state index in [4.69, 9.17) is 4.52 Å². The highest BCUT2D eigenvalue weighted by molar-refractivity contribution is 14.0. The fourth-order valence-corrected chi connectivity index (χ4v) is 3.37. The van der Waals surface area contributed by atoms with Crippen molar-refractivity contribution in [3.05, 3.63) is 17.0 Å². The Morgan fingerprint density at radius 3 is 2.65 bits per heavy atom. The van der Waals surface area contributed by atoms with Crippen molar-refractivity contribution in [3.8, 4) is 0 Å². The Morgan fingerprint density at radius 1 is 1.48 bits per heavy atom. The normalized spacial score (nSPS) is 22.9. The first kappa shape index (κ1) is 20.3. The molecule has 1 fully saturated rings. The Labute approximate surface area is 157 Å². The van der Waals surface area contributed by atoms with E-state index in [1.165, 1.54) is 18.4 Å². The lowest BCUT2D eigenvalue weighted by Gasteiger charge is -2.26. The molecule has 0 amide bonds. The van der Waals surface area contributed by atoms with Crippen LogP contribution in [0.25, 0.3) is 0 Å². The molecule has 0 radical (unpaired) electrons. The highest BCUT2D eigenvalue weighted by atomic mass is 127. The summed E-state index contributed by atoms with van der Waals surface area (Å²) < 4.78 is 5.27. The molecule has 2 rings (SSSR count). The molecule has 0 aromatic carbocycles. The fraction of sp³-hybridized carbons (Fsp3) is 0.765. The summed E-state index contributed by atoms with van der Waals surface area (Å²) in [6, 6.07) is 0. The minimum Gasteiger partial charge on any atom is -0.361 e. The van der Waals surface area contributed by atoms with Crippen molar-refractivity contribution >= 4 is 29.9 Å². The minimum atomic E-state index is 0. The number of rotatable bonds is 4. The second-order valence-corrected chi connectivity index (χ2v) is 6.90. The molecule has 132 valence electrons. The lowest BCUT2D eigenvalue weighted by Crippen LogP contribution is -2.42. The quantitative estimate of drug-likeness (QED) is 0.446. The zero-order valence-corrected chi connectivity index (χ0v) is 17.6. The predicted octanol–water partition coefficient (Wildman–Crippen LogP) is 3.71. The average Bonchev–Trinajstić information content (AvgIpc) is 3.04. The second-order valence-electron chi connectivity index (χ2n) is 6.90. The van der Waals surface area contributed by atoms with Crippen LogP contribution in [0.15, 0.2) is 9.52 Å². The van der Waals surface area contributed by atoms with Gasteiger partial charge in [-0.2, -0.15) is 0 Å². The molecule has 0 aliphatic carbocycles. The van der Waals surface area contributed by atoms with Gasteiger partial charge in [0, 0.05) is 38.2 Å². The molecule has 2 heterocycles. The van der Waals surface area contributed by atoms with Crippen molar-refractivity contribution in [1.29, 1.82) is 0 Å². The third-order valence-electron chi connectivity index (χ3n) is 5.07. The summed E-state index contributed by atoms with van der Waals surface area (Å²) in [5.41, 5.74) is 2.62. The first-order chi connectivity index (χ1) is 10.4. The van der Waals surface area contributed by atoms with Crippen LogP contribution in [0.2, 0.25) is 0 Å². The van der Waals surface area contributed by atoms with Gasteiger partial charge in [-0.3, -0.25) is 4.99 Å². The average molecular weight is 434 g/mol. The molecule has 0 saturated carbocycles. The molecular formula is C17H31IN4O. The lowest BCUT2D eigenvalue weighted by molar-refractivity contribution is 0.322. The Balaban J connectivity index is 0.00000264. The maximum absolute atomic E-state index is 5.27. The maximum Gasteiger partial charge on any atom is 0.193 e. The van der Waals surface area contributed by atoms with Gasteiger partial charge >= 0.3 is 0 Å². The highest BCUT2D eigenvalue weighted by Gasteiger charge is 2.33. The van der Waals surface area contributed by atoms with E-state index in [1.54, 1.807) is 0 Å². The number of hydrogen-bond acceptors (Lipinski definition) is 3. The van der Waals surface area contributed by atoms with Crippen LogP contribution in [0.5, 0.6) is 0 Å². The summed E-state index contributed by atoms with van der Waals surface area (Å²) in [6.45, 7) is 13.8. The second kappa shape index (κ2) is 8.35. The van der Waals surface area contributed by atoms with Gasteiger partial charge in [-0.1, -0.05) is 25.9 Å². The molecule has 2 atom stereocenters. The SMILES string of the molecule is CCC1(C)CCN(C(=NC)NCC(C)c2c(C)noc2C)C1.I. The smallest absolute Gasteiger partial charge is 0.193 e. The number of halogens is 1. The molecule has 1 aromatic heterocycles. The fourth-order valence-electron chi connectivity index (χ4n) is 3.37. The van der Waals surface area contributed by atoms with Gasteiger partial charge in [-0.05, 0) is 32.1 Å². The lowest BCUT2D eigenvalue weighted by atomic mass is 9.87. The third-order valence-corrected chi connectivity index (χ3v) is 5.07. The van der Waals surface area contributed by atoms with E-state index >= 15 is 0 Å². The highest BCUT2D eigenvalue weighted by Crippen LogP contribution is 2.33. The molecule has 1 saturated heterocycles. The van der Waals surface area contributed by atoms with Gasteiger partial charge in [0.2, 0.25) is 0 Å². The molecule has 23 heavy (non-hydrogen) atoms. The number of guanidine groups is 1. The Hall–Kier alpha value is -0.790. The molecule has 2 unspecified atom stereocenters. The summed E-state index contributed by atoms with van der Waals surface area (Å²) in [5.74, 6) is 2.28. The molecule has 1 aliphatic heterocycles. The van der Waals surface area contributed by atoms with Crippen LogP contribution in [0, 0.1) is 19.3 Å². The Bertz CT molecular complexity index is 523. The molecule has 1 N–H and O–H groups in total. The van der Waals surface area contributed by atoms with Crippen molar-refractivity contribution in [1.82, 2.24) is 15.4 Å². The molecule has 5 nitrogen and oxygen atoms in total. The monoisotopic (exact) mass is 434 g/mol. The summed E-state index contributed by atoms with van der Waals surface area (Å²) in [4.78, 5) is 6.84. The summed E-state index contributed by atoms with van der Waals surface area (Å²) in [7, 11) is 1.87. The van der Waals surface area contributed by atoms with Gasteiger partial charge in [0.15, 0.2) is 5.96 Å². The van der Waals surface area contributed by atoms with Crippen molar-refractivity contribution < 1.29 is 4.52 Å². The number of aliphatic imine (C=N–C) groups is 1. The molecule has 0 spiro atoms. The molecule has 1 aromatic rings. The summed E-state index contributed by atoms with van der Waals surface area (Å²) in [6.07, 6.45) is 2.46. The number of likely N-dealkylation sites (tertiary alicyclic amines) is 1. The van der Waals surface area contributed by atoms with E-state index in [2.05, 4.69) is 41.1 Å². The van der Waals surface area contributed by atoms with E-state index in [9.17, 15) is 0 Å². The van der Waals surface area contributed by atoms with Crippen LogP contribution < -0.4 is 5.32 Å². The van der Waals surface area contributed by atoms with Gasteiger partial charge in [-0.15, -0.1) is 24.0 Å². The minimum absolute atomic E-state index is 0. The van der Waals surface area contributed by atoms with Gasteiger partial charge in [0.05, 0.1) is 5.69 Å². The van der Waals surface area contributed by atoms with Gasteiger partial charge in [0.25, 0.3) is 0 Å². The van der Waals surface area contributed by atoms with Crippen molar-refractivity contribution in [2.45, 2.75) is 53.4 Å². The standard InChI is InChI=1S/C17H30N4O.HI/c1-7-17(5)8-9-21(11-17)16(18-6)19-10-12(2)15-13(3)20-22-14(15)4;/h12H,7-11H2,1-6H3,(H,18,19);1H. The molecule has 1 aliphatic rings. The number of aromatic nitrogens is 1. The van der Waals surface area contributed by atoms with E-state index < -0.39 is 0 Å². The van der Waals surface area contributed by atoms with Crippen LogP contribution in [-0.4, -0.2) is 42.7 Å². The van der Waals surface area contributed by atoms with Crippen molar-refractivity contribution in [2.75, 3.05) is 26.7 Å². The van der Waals surface area contributed by atoms with E-state index in [1.807, 2.05) is 20.9 Å². The zero-order chi connectivity index (χ0) is 16.3. The van der Waals surface area contributed by atoms with Crippen LogP contribution in [-0.2, 0) is 0 Å². The van der Waals surface area contributed by atoms with E-state index in [0.29, 0.717) is 11.3 Å². The first-order valence-electron chi connectivity index (χ1n) is 8.28. The summed E-state index contributed by atoms with van der Waals surface area (Å²) >= 11 is 0. The van der Waals surface area contributed by atoms with E-state index in [0.717, 1.165) is 37.0 Å². The first-order valence-corrected chi connectivity index (χ1v) is 8.28.